The Kier molecular flexibility index (Phi) is 6.21. The second-order valence-corrected chi connectivity index (χ2v) is 5.80. The maximum atomic E-state index is 14.0. The lowest BCUT2D eigenvalue weighted by Gasteiger charge is -2.14. The molecular weight excluding hydrogens is 331 g/mol. The van der Waals surface area contributed by atoms with E-state index in [-0.39, 0.29) is 24.8 Å². The molecule has 0 saturated heterocycles. The smallest absolute Gasteiger partial charge is 0.310 e. The Morgan fingerprint density at radius 2 is 1.96 bits per heavy atom. The lowest BCUT2D eigenvalue weighted by molar-refractivity contribution is -0.134. The summed E-state index contributed by atoms with van der Waals surface area (Å²) in [6.07, 6.45) is 0.879. The van der Waals surface area contributed by atoms with Crippen LogP contribution in [0.15, 0.2) is 30.3 Å². The summed E-state index contributed by atoms with van der Waals surface area (Å²) in [5.74, 6) is 0.151. The van der Waals surface area contributed by atoms with Gasteiger partial charge in [0.25, 0.3) is 0 Å². The third-order valence-electron chi connectivity index (χ3n) is 3.69. The van der Waals surface area contributed by atoms with Crippen LogP contribution in [-0.2, 0) is 17.8 Å². The quantitative estimate of drug-likeness (QED) is 0.527. The van der Waals surface area contributed by atoms with Crippen molar-refractivity contribution in [3.05, 3.63) is 57.9 Å². The zero-order valence-electron chi connectivity index (χ0n) is 14.0. The zero-order chi connectivity index (χ0) is 17.7. The summed E-state index contributed by atoms with van der Waals surface area (Å²) in [5, 5.41) is 0.430. The summed E-state index contributed by atoms with van der Waals surface area (Å²) in [5.41, 5.74) is 2.04. The fraction of sp³-hybridized carbons (Fsp3) is 0.316. The van der Waals surface area contributed by atoms with E-state index < -0.39 is 0 Å². The largest absolute Gasteiger partial charge is 0.488 e. The maximum absolute atomic E-state index is 14.0. The summed E-state index contributed by atoms with van der Waals surface area (Å²) in [4.78, 5) is 11.5. The van der Waals surface area contributed by atoms with E-state index in [2.05, 4.69) is 0 Å². The van der Waals surface area contributed by atoms with Gasteiger partial charge in [0, 0.05) is 12.5 Å². The monoisotopic (exact) mass is 350 g/mol. The van der Waals surface area contributed by atoms with Crippen LogP contribution >= 0.6 is 11.6 Å². The summed E-state index contributed by atoms with van der Waals surface area (Å²) in [6, 6.07) is 8.20. The minimum atomic E-state index is -0.354. The average Bonchev–Trinajstić information content (AvgIpc) is 2.56. The van der Waals surface area contributed by atoms with Gasteiger partial charge in [0.2, 0.25) is 0 Å². The predicted molar refractivity (Wildman–Crippen MR) is 92.2 cm³/mol. The highest BCUT2D eigenvalue weighted by Gasteiger charge is 2.14. The Morgan fingerprint density at radius 3 is 2.62 bits per heavy atom. The van der Waals surface area contributed by atoms with Gasteiger partial charge in [-0.2, -0.15) is 0 Å². The number of ether oxygens (including phenoxy) is 2. The van der Waals surface area contributed by atoms with Gasteiger partial charge in [-0.05, 0) is 42.7 Å². The minimum Gasteiger partial charge on any atom is -0.488 e. The molecule has 0 aliphatic rings. The highest BCUT2D eigenvalue weighted by atomic mass is 35.5. The summed E-state index contributed by atoms with van der Waals surface area (Å²) in [7, 11) is 0. The third kappa shape index (κ3) is 4.26. The Bertz CT molecular complexity index is 744. The molecule has 3 nitrogen and oxygen atoms in total. The van der Waals surface area contributed by atoms with Crippen molar-refractivity contribution in [3.8, 4) is 11.5 Å². The number of benzene rings is 2. The number of carbonyl (C=O) groups excluding carboxylic acids is 1. The molecule has 2 aromatic rings. The number of aryl methyl sites for hydroxylation is 2. The van der Waals surface area contributed by atoms with Crippen LogP contribution in [0.5, 0.6) is 11.5 Å². The molecule has 5 heteroatoms. The number of halogens is 2. The SMILES string of the molecule is CCC(=O)Oc1cccc(Cl)c1COc1cc(F)c(CC)cc1C. The standard InChI is InChI=1S/C19H20ClFO3/c1-4-13-9-12(3)18(10-16(13)21)23-11-14-15(20)7-6-8-17(14)24-19(22)5-2/h6-10H,4-5,11H2,1-3H3. The van der Waals surface area contributed by atoms with Crippen LogP contribution in [0.1, 0.15) is 37.0 Å². The van der Waals surface area contributed by atoms with E-state index in [0.717, 1.165) is 5.56 Å². The fourth-order valence-corrected chi connectivity index (χ4v) is 2.49. The number of esters is 1. The molecule has 24 heavy (non-hydrogen) atoms. The van der Waals surface area contributed by atoms with Crippen LogP contribution in [0.4, 0.5) is 4.39 Å². The highest BCUT2D eigenvalue weighted by molar-refractivity contribution is 6.31. The molecule has 128 valence electrons. The Hall–Kier alpha value is -2.07. The fourth-order valence-electron chi connectivity index (χ4n) is 2.27. The van der Waals surface area contributed by atoms with Crippen molar-refractivity contribution in [2.24, 2.45) is 0 Å². The first-order valence-corrected chi connectivity index (χ1v) is 8.23. The van der Waals surface area contributed by atoms with E-state index in [1.807, 2.05) is 13.8 Å². The van der Waals surface area contributed by atoms with Crippen molar-refractivity contribution in [2.75, 3.05) is 0 Å². The molecule has 2 rings (SSSR count). The summed E-state index contributed by atoms with van der Waals surface area (Å²) in [6.45, 7) is 5.55. The second kappa shape index (κ2) is 8.15. The van der Waals surface area contributed by atoms with Crippen LogP contribution in [0.2, 0.25) is 5.02 Å². The van der Waals surface area contributed by atoms with Gasteiger partial charge in [0.05, 0.1) is 10.6 Å². The van der Waals surface area contributed by atoms with Crippen LogP contribution < -0.4 is 9.47 Å². The molecular formula is C19H20ClFO3. The van der Waals surface area contributed by atoms with Crippen LogP contribution in [0, 0.1) is 12.7 Å². The normalized spacial score (nSPS) is 10.5. The molecule has 0 amide bonds. The van der Waals surface area contributed by atoms with Gasteiger partial charge in [-0.15, -0.1) is 0 Å². The second-order valence-electron chi connectivity index (χ2n) is 5.40. The lowest BCUT2D eigenvalue weighted by atomic mass is 10.1. The van der Waals surface area contributed by atoms with E-state index in [4.69, 9.17) is 21.1 Å². The van der Waals surface area contributed by atoms with Gasteiger partial charge in [-0.1, -0.05) is 31.5 Å². The molecule has 0 unspecified atom stereocenters. The van der Waals surface area contributed by atoms with E-state index in [0.29, 0.717) is 34.1 Å². The molecule has 0 bridgehead atoms. The van der Waals surface area contributed by atoms with Crippen molar-refractivity contribution in [3.63, 3.8) is 0 Å². The van der Waals surface area contributed by atoms with Gasteiger partial charge < -0.3 is 9.47 Å². The third-order valence-corrected chi connectivity index (χ3v) is 4.04. The molecule has 0 radical (unpaired) electrons. The van der Waals surface area contributed by atoms with Gasteiger partial charge in [-0.3, -0.25) is 4.79 Å². The average molecular weight is 351 g/mol. The van der Waals surface area contributed by atoms with E-state index in [1.54, 1.807) is 31.2 Å². The number of hydrogen-bond acceptors (Lipinski definition) is 3. The maximum Gasteiger partial charge on any atom is 0.310 e. The molecule has 0 N–H and O–H groups in total. The van der Waals surface area contributed by atoms with Crippen molar-refractivity contribution >= 4 is 17.6 Å². The zero-order valence-corrected chi connectivity index (χ0v) is 14.7. The molecule has 0 atom stereocenters. The Labute approximate surface area is 146 Å². The van der Waals surface area contributed by atoms with Gasteiger partial charge in [0.15, 0.2) is 0 Å². The first-order valence-electron chi connectivity index (χ1n) is 7.86. The molecule has 0 heterocycles. The molecule has 0 aliphatic heterocycles. The first kappa shape index (κ1) is 18.3. The van der Waals surface area contributed by atoms with Crippen molar-refractivity contribution < 1.29 is 18.7 Å². The predicted octanol–water partition coefficient (Wildman–Crippen LogP) is 5.24. The van der Waals surface area contributed by atoms with Crippen molar-refractivity contribution in [1.29, 1.82) is 0 Å². The first-order chi connectivity index (χ1) is 11.5. The Balaban J connectivity index is 2.23. The van der Waals surface area contributed by atoms with Gasteiger partial charge >= 0.3 is 5.97 Å². The van der Waals surface area contributed by atoms with E-state index >= 15 is 0 Å². The van der Waals surface area contributed by atoms with Gasteiger partial charge in [0.1, 0.15) is 23.9 Å². The number of hydrogen-bond donors (Lipinski definition) is 0. The summed E-state index contributed by atoms with van der Waals surface area (Å²) >= 11 is 6.20. The Morgan fingerprint density at radius 1 is 1.21 bits per heavy atom. The summed E-state index contributed by atoms with van der Waals surface area (Å²) < 4.78 is 25.0. The van der Waals surface area contributed by atoms with Crippen LogP contribution in [-0.4, -0.2) is 5.97 Å². The topological polar surface area (TPSA) is 35.5 Å². The molecule has 0 fully saturated rings. The van der Waals surface area contributed by atoms with Crippen LogP contribution in [0.25, 0.3) is 0 Å². The van der Waals surface area contributed by atoms with Crippen molar-refractivity contribution in [1.82, 2.24) is 0 Å². The van der Waals surface area contributed by atoms with E-state index in [9.17, 15) is 9.18 Å². The molecule has 2 aromatic carbocycles. The van der Waals surface area contributed by atoms with E-state index in [1.165, 1.54) is 6.07 Å². The van der Waals surface area contributed by atoms with Crippen LogP contribution in [0.3, 0.4) is 0 Å². The van der Waals surface area contributed by atoms with Crippen molar-refractivity contribution in [2.45, 2.75) is 40.2 Å². The molecule has 0 aromatic heterocycles. The number of carbonyl (C=O) groups is 1. The lowest BCUT2D eigenvalue weighted by Crippen LogP contribution is -2.09. The highest BCUT2D eigenvalue weighted by Crippen LogP contribution is 2.30. The molecule has 0 aliphatic carbocycles. The molecule has 0 spiro atoms. The minimum absolute atomic E-state index is 0.0811. The molecule has 0 saturated carbocycles. The van der Waals surface area contributed by atoms with Gasteiger partial charge in [-0.25, -0.2) is 4.39 Å². The number of rotatable bonds is 6.